The summed E-state index contributed by atoms with van der Waals surface area (Å²) in [5, 5.41) is 8.30. The highest BCUT2D eigenvalue weighted by atomic mass is 32.2. The third-order valence-electron chi connectivity index (χ3n) is 4.05. The van der Waals surface area contributed by atoms with Crippen LogP contribution in [0, 0.1) is 12.8 Å². The molecule has 2 heterocycles. The molecule has 1 N–H and O–H groups in total. The van der Waals surface area contributed by atoms with E-state index in [1.165, 1.54) is 11.9 Å². The number of fused-ring (bicyclic) bond motifs is 1. The number of benzene rings is 1. The normalized spacial score (nSPS) is 11.3. The lowest BCUT2D eigenvalue weighted by Crippen LogP contribution is -2.17. The van der Waals surface area contributed by atoms with Gasteiger partial charge in [0.05, 0.1) is 0 Å². The zero-order valence-corrected chi connectivity index (χ0v) is 16.3. The summed E-state index contributed by atoms with van der Waals surface area (Å²) in [5.41, 5.74) is 3.00. The molecule has 0 saturated heterocycles. The summed E-state index contributed by atoms with van der Waals surface area (Å²) in [5.74, 6) is 0.594. The minimum Gasteiger partial charge on any atom is -0.326 e. The van der Waals surface area contributed by atoms with E-state index in [0.29, 0.717) is 5.78 Å². The number of aromatic nitrogens is 4. The average Bonchev–Trinajstić information content (AvgIpc) is 3.07. The molecule has 0 fully saturated rings. The zero-order chi connectivity index (χ0) is 18.7. The Bertz CT molecular complexity index is 918. The summed E-state index contributed by atoms with van der Waals surface area (Å²) in [7, 11) is 0. The molecular weight excluding hydrogens is 346 g/mol. The number of rotatable bonds is 6. The Kier molecular flexibility index (Phi) is 5.56. The quantitative estimate of drug-likeness (QED) is 0.662. The molecule has 1 amide bonds. The second-order valence-electron chi connectivity index (χ2n) is 6.47. The van der Waals surface area contributed by atoms with Crippen LogP contribution in [0.15, 0.2) is 40.5 Å². The first-order chi connectivity index (χ1) is 12.5. The van der Waals surface area contributed by atoms with Crippen molar-refractivity contribution in [2.45, 2.75) is 50.5 Å². The van der Waals surface area contributed by atoms with Gasteiger partial charge < -0.3 is 5.32 Å². The van der Waals surface area contributed by atoms with Crippen LogP contribution in [0.2, 0.25) is 0 Å². The Morgan fingerprint density at radius 1 is 1.27 bits per heavy atom. The summed E-state index contributed by atoms with van der Waals surface area (Å²) in [6.45, 7) is 7.94. The highest BCUT2D eigenvalue weighted by molar-refractivity contribution is 7.99. The van der Waals surface area contributed by atoms with Crippen molar-refractivity contribution in [3.63, 3.8) is 0 Å². The van der Waals surface area contributed by atoms with Gasteiger partial charge in [0.15, 0.2) is 0 Å². The molecule has 26 heavy (non-hydrogen) atoms. The van der Waals surface area contributed by atoms with Gasteiger partial charge in [0.25, 0.3) is 5.78 Å². The van der Waals surface area contributed by atoms with Crippen molar-refractivity contribution < 1.29 is 4.79 Å². The van der Waals surface area contributed by atoms with Gasteiger partial charge in [-0.15, -0.1) is 0 Å². The van der Waals surface area contributed by atoms with Gasteiger partial charge in [-0.2, -0.15) is 14.6 Å². The van der Waals surface area contributed by atoms with E-state index < -0.39 is 0 Å². The van der Waals surface area contributed by atoms with Gasteiger partial charge in [-0.05, 0) is 37.6 Å². The van der Waals surface area contributed by atoms with Crippen LogP contribution < -0.4 is 5.32 Å². The summed E-state index contributed by atoms with van der Waals surface area (Å²) in [4.78, 5) is 21.7. The Morgan fingerprint density at radius 3 is 2.65 bits per heavy atom. The predicted octanol–water partition coefficient (Wildman–Crippen LogP) is 4.13. The van der Waals surface area contributed by atoms with Crippen LogP contribution in [0.1, 0.15) is 38.4 Å². The maximum atomic E-state index is 11.8. The predicted molar refractivity (Wildman–Crippen MR) is 104 cm³/mol. The lowest BCUT2D eigenvalue weighted by Gasteiger charge is -2.13. The average molecular weight is 369 g/mol. The molecule has 3 rings (SSSR count). The molecular formula is C19H23N5OS. The number of nitrogens with one attached hydrogen (secondary N) is 1. The van der Waals surface area contributed by atoms with Crippen molar-refractivity contribution in [3.8, 4) is 0 Å². The second-order valence-corrected chi connectivity index (χ2v) is 7.54. The third-order valence-corrected chi connectivity index (χ3v) is 5.17. The number of hydrogen-bond donors (Lipinski definition) is 1. The molecule has 2 aromatic heterocycles. The largest absolute Gasteiger partial charge is 0.326 e. The maximum absolute atomic E-state index is 11.8. The smallest absolute Gasteiger partial charge is 0.253 e. The van der Waals surface area contributed by atoms with Crippen molar-refractivity contribution in [2.75, 3.05) is 5.32 Å². The Labute approximate surface area is 157 Å². The lowest BCUT2D eigenvalue weighted by atomic mass is 10.1. The summed E-state index contributed by atoms with van der Waals surface area (Å²) in [6.07, 6.45) is 3.52. The number of nitrogens with zero attached hydrogens (tertiary/aromatic N) is 4. The van der Waals surface area contributed by atoms with Crippen LogP contribution in [-0.2, 0) is 11.2 Å². The van der Waals surface area contributed by atoms with Crippen LogP contribution in [0.4, 0.5) is 5.69 Å². The molecule has 0 aliphatic rings. The van der Waals surface area contributed by atoms with E-state index in [9.17, 15) is 4.79 Å². The van der Waals surface area contributed by atoms with E-state index in [4.69, 9.17) is 0 Å². The molecule has 0 bridgehead atoms. The van der Waals surface area contributed by atoms with Crippen LogP contribution >= 0.6 is 11.8 Å². The van der Waals surface area contributed by atoms with Crippen LogP contribution in [0.3, 0.4) is 0 Å². The molecule has 6 nitrogen and oxygen atoms in total. The van der Waals surface area contributed by atoms with E-state index in [1.807, 2.05) is 45.0 Å². The number of carbonyl (C=O) groups is 1. The highest BCUT2D eigenvalue weighted by Gasteiger charge is 2.15. The van der Waals surface area contributed by atoms with Gasteiger partial charge in [0, 0.05) is 27.8 Å². The summed E-state index contributed by atoms with van der Waals surface area (Å²) in [6, 6.07) is 7.87. The molecule has 0 aliphatic carbocycles. The fourth-order valence-corrected chi connectivity index (χ4v) is 3.69. The van der Waals surface area contributed by atoms with Crippen LogP contribution in [-0.4, -0.2) is 25.5 Å². The number of hydrogen-bond acceptors (Lipinski definition) is 5. The minimum atomic E-state index is -0.0407. The van der Waals surface area contributed by atoms with Crippen LogP contribution in [0.5, 0.6) is 0 Å². The SMILES string of the molecule is CCCc1c(C)nc2ncnn2c1Sc1ccc(NC(=O)C(C)C)cc1. The number of carbonyl (C=O) groups excluding carboxylic acids is 1. The van der Waals surface area contributed by atoms with Gasteiger partial charge in [0.1, 0.15) is 11.4 Å². The molecule has 0 aliphatic heterocycles. The van der Waals surface area contributed by atoms with Gasteiger partial charge in [-0.1, -0.05) is 39.0 Å². The first-order valence-electron chi connectivity index (χ1n) is 8.77. The fourth-order valence-electron chi connectivity index (χ4n) is 2.60. The second kappa shape index (κ2) is 7.86. The number of anilines is 1. The maximum Gasteiger partial charge on any atom is 0.253 e. The molecule has 1 aromatic carbocycles. The molecule has 0 spiro atoms. The minimum absolute atomic E-state index is 0.0183. The molecule has 0 atom stereocenters. The van der Waals surface area contributed by atoms with Crippen molar-refractivity contribution in [2.24, 2.45) is 5.92 Å². The topological polar surface area (TPSA) is 72.2 Å². The molecule has 0 radical (unpaired) electrons. The third kappa shape index (κ3) is 3.88. The first kappa shape index (κ1) is 18.4. The van der Waals surface area contributed by atoms with E-state index >= 15 is 0 Å². The van der Waals surface area contributed by atoms with E-state index in [-0.39, 0.29) is 11.8 Å². The Balaban J connectivity index is 1.90. The van der Waals surface area contributed by atoms with Gasteiger partial charge in [-0.25, -0.2) is 4.98 Å². The van der Waals surface area contributed by atoms with E-state index in [1.54, 1.807) is 16.3 Å². The van der Waals surface area contributed by atoms with E-state index in [2.05, 4.69) is 27.3 Å². The van der Waals surface area contributed by atoms with Crippen molar-refractivity contribution in [1.29, 1.82) is 0 Å². The van der Waals surface area contributed by atoms with Crippen molar-refractivity contribution in [1.82, 2.24) is 19.6 Å². The van der Waals surface area contributed by atoms with Gasteiger partial charge in [0.2, 0.25) is 5.91 Å². The lowest BCUT2D eigenvalue weighted by molar-refractivity contribution is -0.118. The summed E-state index contributed by atoms with van der Waals surface area (Å²) < 4.78 is 1.80. The standard InChI is InChI=1S/C19H23N5OS/c1-5-6-16-13(4)22-19-20-11-21-24(19)18(16)26-15-9-7-14(8-10-15)23-17(25)12(2)3/h7-12H,5-6H2,1-4H3,(H,23,25). The molecule has 0 saturated carbocycles. The monoisotopic (exact) mass is 369 g/mol. The zero-order valence-electron chi connectivity index (χ0n) is 15.5. The number of aryl methyl sites for hydroxylation is 1. The van der Waals surface area contributed by atoms with Gasteiger partial charge >= 0.3 is 0 Å². The number of amides is 1. The summed E-state index contributed by atoms with van der Waals surface area (Å²) >= 11 is 1.64. The molecule has 136 valence electrons. The fraction of sp³-hybridized carbons (Fsp3) is 0.368. The van der Waals surface area contributed by atoms with Crippen molar-refractivity contribution >= 4 is 29.1 Å². The Morgan fingerprint density at radius 2 is 2.00 bits per heavy atom. The molecule has 0 unspecified atom stereocenters. The Hall–Kier alpha value is -2.41. The molecule has 3 aromatic rings. The van der Waals surface area contributed by atoms with E-state index in [0.717, 1.165) is 34.1 Å². The van der Waals surface area contributed by atoms with Crippen LogP contribution in [0.25, 0.3) is 5.78 Å². The first-order valence-corrected chi connectivity index (χ1v) is 9.59. The molecule has 7 heteroatoms. The highest BCUT2D eigenvalue weighted by Crippen LogP contribution is 2.33. The van der Waals surface area contributed by atoms with Gasteiger partial charge in [-0.3, -0.25) is 4.79 Å². The van der Waals surface area contributed by atoms with Crippen molar-refractivity contribution in [3.05, 3.63) is 41.9 Å².